The van der Waals surface area contributed by atoms with Gasteiger partial charge in [-0.15, -0.1) is 0 Å². The number of aryl methyl sites for hydroxylation is 2. The molecule has 398 valence electrons. The number of benzene rings is 14. The van der Waals surface area contributed by atoms with Crippen molar-refractivity contribution in [2.45, 2.75) is 13.8 Å². The van der Waals surface area contributed by atoms with Gasteiger partial charge in [-0.25, -0.2) is 8.78 Å². The van der Waals surface area contributed by atoms with Gasteiger partial charge in [-0.2, -0.15) is 0 Å². The van der Waals surface area contributed by atoms with Gasteiger partial charge in [-0.3, -0.25) is 0 Å². The summed E-state index contributed by atoms with van der Waals surface area (Å²) in [6.07, 6.45) is 0. The zero-order valence-electron chi connectivity index (χ0n) is 45.9. The summed E-state index contributed by atoms with van der Waals surface area (Å²) in [5.41, 5.74) is 17.2. The first-order chi connectivity index (χ1) is 41.3. The summed E-state index contributed by atoms with van der Waals surface area (Å²) in [7, 11) is 0. The molecule has 0 amide bonds. The maximum Gasteiger partial charge on any atom is 0.159 e. The number of halogens is 2. The van der Waals surface area contributed by atoms with E-state index in [0.717, 1.165) is 143 Å². The van der Waals surface area contributed by atoms with Crippen LogP contribution in [0.2, 0.25) is 0 Å². The predicted octanol–water partition coefficient (Wildman–Crippen LogP) is 22.9. The highest BCUT2D eigenvalue weighted by atomic mass is 19.1. The van der Waals surface area contributed by atoms with E-state index in [2.05, 4.69) is 206 Å². The molecule has 0 unspecified atom stereocenters. The van der Waals surface area contributed by atoms with Crippen LogP contribution in [-0.2, 0) is 0 Å². The van der Waals surface area contributed by atoms with Gasteiger partial charge in [0.15, 0.2) is 11.2 Å². The number of rotatable bonds is 10. The summed E-state index contributed by atoms with van der Waals surface area (Å²) in [5.74, 6) is -0.730. The second-order valence-corrected chi connectivity index (χ2v) is 21.9. The van der Waals surface area contributed by atoms with E-state index in [1.54, 1.807) is 24.3 Å². The maximum atomic E-state index is 16.6. The molecule has 0 aliphatic rings. The van der Waals surface area contributed by atoms with Crippen LogP contribution in [0.4, 0.5) is 42.9 Å². The zero-order chi connectivity index (χ0) is 56.2. The van der Waals surface area contributed by atoms with Crippen LogP contribution in [0.3, 0.4) is 0 Å². The molecule has 4 nitrogen and oxygen atoms in total. The number of nitrogens with zero attached hydrogens (tertiary/aromatic N) is 2. The fraction of sp³-hybridized carbons (Fsp3) is 0.0256. The van der Waals surface area contributed by atoms with Crippen molar-refractivity contribution < 1.29 is 17.6 Å². The van der Waals surface area contributed by atoms with E-state index in [0.29, 0.717) is 22.5 Å². The van der Waals surface area contributed by atoms with Gasteiger partial charge in [0.2, 0.25) is 0 Å². The van der Waals surface area contributed by atoms with Crippen LogP contribution in [-0.4, -0.2) is 0 Å². The molecule has 0 spiro atoms. The molecule has 0 radical (unpaired) electrons. The Bertz CT molecular complexity index is 4950. The Morgan fingerprint density at radius 1 is 0.274 bits per heavy atom. The van der Waals surface area contributed by atoms with Crippen LogP contribution in [0.5, 0.6) is 0 Å². The lowest BCUT2D eigenvalue weighted by Gasteiger charge is -2.29. The van der Waals surface area contributed by atoms with Crippen LogP contribution in [0, 0.1) is 25.5 Å². The van der Waals surface area contributed by atoms with Crippen molar-refractivity contribution >= 4 is 110 Å². The van der Waals surface area contributed by atoms with E-state index in [4.69, 9.17) is 8.83 Å². The third kappa shape index (κ3) is 7.86. The fourth-order valence-electron chi connectivity index (χ4n) is 13.1. The van der Waals surface area contributed by atoms with Gasteiger partial charge in [0, 0.05) is 54.8 Å². The number of anilines is 6. The van der Waals surface area contributed by atoms with Crippen molar-refractivity contribution in [1.82, 2.24) is 0 Å². The average molecular weight is 1090 g/mol. The van der Waals surface area contributed by atoms with Crippen LogP contribution >= 0.6 is 0 Å². The second-order valence-electron chi connectivity index (χ2n) is 21.9. The van der Waals surface area contributed by atoms with Crippen LogP contribution in [0.15, 0.2) is 276 Å². The fourth-order valence-corrected chi connectivity index (χ4v) is 13.1. The lowest BCUT2D eigenvalue weighted by Crippen LogP contribution is -2.12. The molecule has 0 saturated carbocycles. The van der Waals surface area contributed by atoms with E-state index in [1.165, 1.54) is 0 Å². The molecule has 16 aromatic rings. The SMILES string of the molecule is Cc1ccccc1-c1cccc2c1oc1c(N(c3cc(F)cc(-c4ccccc4)c3)c3ccc4ccc5c(N(c6cc(F)cc(-c7ccccc7)c6)c6cccc7c6oc6c(-c8ccccc8C)cccc67)ccc6ccc3c4c65)cccc12. The van der Waals surface area contributed by atoms with Crippen molar-refractivity contribution in [2.24, 2.45) is 0 Å². The molecule has 0 saturated heterocycles. The first-order valence-corrected chi connectivity index (χ1v) is 28.3. The number of para-hydroxylation sites is 4. The first kappa shape index (κ1) is 49.0. The van der Waals surface area contributed by atoms with E-state index >= 15 is 8.78 Å². The second kappa shape index (κ2) is 19.4. The summed E-state index contributed by atoms with van der Waals surface area (Å²) in [6, 6.07) is 89.8. The molecule has 84 heavy (non-hydrogen) atoms. The van der Waals surface area contributed by atoms with Crippen LogP contribution in [0.25, 0.3) is 121 Å². The number of furan rings is 2. The van der Waals surface area contributed by atoms with Gasteiger partial charge in [0.1, 0.15) is 22.8 Å². The molecule has 16 rings (SSSR count). The van der Waals surface area contributed by atoms with E-state index < -0.39 is 0 Å². The summed E-state index contributed by atoms with van der Waals surface area (Å²) in [6.45, 7) is 4.25. The molecule has 2 heterocycles. The zero-order valence-corrected chi connectivity index (χ0v) is 45.9. The van der Waals surface area contributed by atoms with Crippen molar-refractivity contribution in [3.8, 4) is 44.5 Å². The lowest BCUT2D eigenvalue weighted by atomic mass is 9.91. The van der Waals surface area contributed by atoms with Crippen molar-refractivity contribution in [2.75, 3.05) is 9.80 Å². The smallest absolute Gasteiger partial charge is 0.159 e. The van der Waals surface area contributed by atoms with Gasteiger partial charge in [-0.1, -0.05) is 206 Å². The lowest BCUT2D eigenvalue weighted by molar-refractivity contribution is 0.628. The molecule has 14 aromatic carbocycles. The average Bonchev–Trinajstić information content (AvgIpc) is 1.27. The van der Waals surface area contributed by atoms with Gasteiger partial charge < -0.3 is 18.6 Å². The Morgan fingerprint density at radius 3 is 1.07 bits per heavy atom. The quantitative estimate of drug-likeness (QED) is 0.128. The Hall–Kier alpha value is -10.8. The van der Waals surface area contributed by atoms with Crippen molar-refractivity contribution in [3.05, 3.63) is 290 Å². The van der Waals surface area contributed by atoms with Gasteiger partial charge in [0.25, 0.3) is 0 Å². The molecule has 2 aromatic heterocycles. The van der Waals surface area contributed by atoms with E-state index in [9.17, 15) is 0 Å². The predicted molar refractivity (Wildman–Crippen MR) is 345 cm³/mol. The third-order valence-corrected chi connectivity index (χ3v) is 17.0. The van der Waals surface area contributed by atoms with E-state index in [-0.39, 0.29) is 11.6 Å². The van der Waals surface area contributed by atoms with E-state index in [1.807, 2.05) is 60.7 Å². The standard InChI is InChI=1S/C78H50F2N2O2/c1-47-17-9-11-23-59(47)61-25-13-27-63-65-29-15-31-71(77(65)83-75(61)63)81(57-43-53(41-55(79)45-57)49-19-5-3-6-20-49)69-39-35-51-34-38-68-70(40-36-52-33-37-67(69)73(51)74(52)68)82(58-44-54(42-56(80)46-58)50-21-7-4-8-22-50)72-32-16-30-66-64-28-14-26-62(76(64)84-78(66)72)60-24-12-10-18-48(60)2/h3-46H,1-2H3. The van der Waals surface area contributed by atoms with Gasteiger partial charge in [-0.05, 0) is 141 Å². The normalized spacial score (nSPS) is 11.8. The first-order valence-electron chi connectivity index (χ1n) is 28.3. The van der Waals surface area contributed by atoms with Gasteiger partial charge in [0.05, 0.1) is 22.7 Å². The third-order valence-electron chi connectivity index (χ3n) is 17.0. The Kier molecular flexibility index (Phi) is 11.3. The highest BCUT2D eigenvalue weighted by Gasteiger charge is 2.28. The summed E-state index contributed by atoms with van der Waals surface area (Å²) in [4.78, 5) is 4.33. The molecule has 0 bridgehead atoms. The molecule has 0 fully saturated rings. The summed E-state index contributed by atoms with van der Waals surface area (Å²) < 4.78 is 47.7. The number of hydrogen-bond donors (Lipinski definition) is 0. The molecular formula is C78H50F2N2O2. The summed E-state index contributed by atoms with van der Waals surface area (Å²) in [5, 5.41) is 9.90. The van der Waals surface area contributed by atoms with Crippen molar-refractivity contribution in [3.63, 3.8) is 0 Å². The minimum atomic E-state index is -0.365. The topological polar surface area (TPSA) is 32.8 Å². The molecular weight excluding hydrogens is 1030 g/mol. The van der Waals surface area contributed by atoms with Crippen LogP contribution in [0.1, 0.15) is 11.1 Å². The molecule has 0 N–H and O–H groups in total. The van der Waals surface area contributed by atoms with Crippen molar-refractivity contribution in [1.29, 1.82) is 0 Å². The molecule has 6 heteroatoms. The van der Waals surface area contributed by atoms with Gasteiger partial charge >= 0.3 is 0 Å². The molecule has 0 aliphatic carbocycles. The maximum absolute atomic E-state index is 16.6. The highest BCUT2D eigenvalue weighted by molar-refractivity contribution is 6.29. The minimum absolute atomic E-state index is 0.365. The highest BCUT2D eigenvalue weighted by Crippen LogP contribution is 2.52. The minimum Gasteiger partial charge on any atom is -0.453 e. The Balaban J connectivity index is 0.957. The molecule has 0 aliphatic heterocycles. The largest absolute Gasteiger partial charge is 0.453 e. The summed E-state index contributed by atoms with van der Waals surface area (Å²) >= 11 is 0. The number of fused-ring (bicyclic) bond motifs is 6. The van der Waals surface area contributed by atoms with Crippen LogP contribution < -0.4 is 9.80 Å². The molecule has 0 atom stereocenters. The Labute approximate surface area is 483 Å². The Morgan fingerprint density at radius 2 is 0.643 bits per heavy atom. The monoisotopic (exact) mass is 1080 g/mol. The number of hydrogen-bond acceptors (Lipinski definition) is 4.